The van der Waals surface area contributed by atoms with Crippen LogP contribution in [0.5, 0.6) is 0 Å². The second-order valence-electron chi connectivity index (χ2n) is 6.14. The molecule has 7 nitrogen and oxygen atoms in total. The topological polar surface area (TPSA) is 77.1 Å². The number of morpholine rings is 1. The molecular formula is C17H19ClN2O5. The first-order valence-corrected chi connectivity index (χ1v) is 8.29. The summed E-state index contributed by atoms with van der Waals surface area (Å²) >= 11 is 6.20. The van der Waals surface area contributed by atoms with Crippen LogP contribution in [0.2, 0.25) is 5.02 Å². The van der Waals surface area contributed by atoms with E-state index in [2.05, 4.69) is 10.2 Å². The molecule has 0 bridgehead atoms. The van der Waals surface area contributed by atoms with Crippen LogP contribution in [-0.4, -0.2) is 44.0 Å². The van der Waals surface area contributed by atoms with Gasteiger partial charge in [-0.25, -0.2) is 9.59 Å². The second kappa shape index (κ2) is 6.93. The lowest BCUT2D eigenvalue weighted by molar-refractivity contribution is -0.222. The SMILES string of the molecule is CC1(C)OC(=O)C(=CNc2cc(N3CCOCC3)ccc2Cl)C(=O)O1. The van der Waals surface area contributed by atoms with Crippen molar-refractivity contribution in [2.24, 2.45) is 0 Å². The third kappa shape index (κ3) is 4.05. The van der Waals surface area contributed by atoms with Crippen molar-refractivity contribution in [1.82, 2.24) is 0 Å². The molecule has 0 atom stereocenters. The lowest BCUT2D eigenvalue weighted by Gasteiger charge is -2.30. The molecule has 0 spiro atoms. The van der Waals surface area contributed by atoms with E-state index >= 15 is 0 Å². The fourth-order valence-corrected chi connectivity index (χ4v) is 2.74. The molecule has 0 unspecified atom stereocenters. The normalized spacial score (nSPS) is 20.0. The van der Waals surface area contributed by atoms with Crippen molar-refractivity contribution >= 4 is 34.9 Å². The molecule has 0 aromatic heterocycles. The predicted molar refractivity (Wildman–Crippen MR) is 92.5 cm³/mol. The Morgan fingerprint density at radius 3 is 2.44 bits per heavy atom. The summed E-state index contributed by atoms with van der Waals surface area (Å²) in [7, 11) is 0. The molecule has 2 aliphatic rings. The molecule has 3 rings (SSSR count). The number of rotatable bonds is 3. The summed E-state index contributed by atoms with van der Waals surface area (Å²) in [4.78, 5) is 26.1. The Kier molecular flexibility index (Phi) is 4.87. The van der Waals surface area contributed by atoms with Gasteiger partial charge in [0.2, 0.25) is 0 Å². The molecule has 0 saturated carbocycles. The molecule has 2 aliphatic heterocycles. The van der Waals surface area contributed by atoms with Crippen LogP contribution in [0.1, 0.15) is 13.8 Å². The predicted octanol–water partition coefficient (Wildman–Crippen LogP) is 2.31. The average Bonchev–Trinajstić information content (AvgIpc) is 2.55. The molecule has 0 radical (unpaired) electrons. The van der Waals surface area contributed by atoms with Crippen LogP contribution in [-0.2, 0) is 23.8 Å². The third-order valence-corrected chi connectivity index (χ3v) is 4.14. The molecule has 2 saturated heterocycles. The summed E-state index contributed by atoms with van der Waals surface area (Å²) < 4.78 is 15.4. The van der Waals surface area contributed by atoms with E-state index < -0.39 is 17.7 Å². The van der Waals surface area contributed by atoms with Gasteiger partial charge < -0.3 is 24.4 Å². The molecule has 8 heteroatoms. The molecule has 1 aromatic carbocycles. The largest absolute Gasteiger partial charge is 0.419 e. The van der Waals surface area contributed by atoms with Crippen LogP contribution in [0.3, 0.4) is 0 Å². The Morgan fingerprint density at radius 2 is 1.80 bits per heavy atom. The Hall–Kier alpha value is -2.25. The lowest BCUT2D eigenvalue weighted by Crippen LogP contribution is -2.42. The minimum atomic E-state index is -1.26. The first-order chi connectivity index (χ1) is 11.9. The number of cyclic esters (lactones) is 2. The number of carbonyl (C=O) groups is 2. The molecule has 1 N–H and O–H groups in total. The summed E-state index contributed by atoms with van der Waals surface area (Å²) in [6, 6.07) is 5.53. The lowest BCUT2D eigenvalue weighted by atomic mass is 10.2. The number of benzene rings is 1. The highest BCUT2D eigenvalue weighted by atomic mass is 35.5. The highest BCUT2D eigenvalue weighted by Gasteiger charge is 2.38. The maximum atomic E-state index is 12.0. The maximum Gasteiger partial charge on any atom is 0.350 e. The van der Waals surface area contributed by atoms with Crippen molar-refractivity contribution in [1.29, 1.82) is 0 Å². The van der Waals surface area contributed by atoms with E-state index in [1.807, 2.05) is 12.1 Å². The van der Waals surface area contributed by atoms with Gasteiger partial charge in [-0.05, 0) is 18.2 Å². The Balaban J connectivity index is 1.78. The molecule has 2 heterocycles. The van der Waals surface area contributed by atoms with Crippen LogP contribution in [0.25, 0.3) is 0 Å². The van der Waals surface area contributed by atoms with Gasteiger partial charge in [0.15, 0.2) is 5.57 Å². The van der Waals surface area contributed by atoms with Gasteiger partial charge in [0, 0.05) is 38.8 Å². The number of nitrogens with zero attached hydrogens (tertiary/aromatic N) is 1. The molecule has 0 amide bonds. The standard InChI is InChI=1S/C17H19ClN2O5/c1-17(2)24-15(21)12(16(22)25-17)10-19-14-9-11(3-4-13(14)18)20-5-7-23-8-6-20/h3-4,9-10,19H,5-8H2,1-2H3. The number of anilines is 2. The summed E-state index contributed by atoms with van der Waals surface area (Å²) in [6.45, 7) is 5.91. The number of esters is 2. The number of ether oxygens (including phenoxy) is 3. The Bertz CT molecular complexity index is 704. The summed E-state index contributed by atoms with van der Waals surface area (Å²) in [5, 5.41) is 3.36. The highest BCUT2D eigenvalue weighted by Crippen LogP contribution is 2.29. The van der Waals surface area contributed by atoms with E-state index in [9.17, 15) is 9.59 Å². The van der Waals surface area contributed by atoms with Gasteiger partial charge in [-0.2, -0.15) is 0 Å². The number of carbonyl (C=O) groups excluding carboxylic acids is 2. The van der Waals surface area contributed by atoms with Crippen LogP contribution < -0.4 is 10.2 Å². The van der Waals surface area contributed by atoms with Crippen molar-refractivity contribution in [3.8, 4) is 0 Å². The van der Waals surface area contributed by atoms with E-state index in [0.717, 1.165) is 18.8 Å². The zero-order valence-corrected chi connectivity index (χ0v) is 14.8. The van der Waals surface area contributed by atoms with Crippen molar-refractivity contribution in [3.63, 3.8) is 0 Å². The van der Waals surface area contributed by atoms with Gasteiger partial charge in [0.1, 0.15) is 0 Å². The second-order valence-corrected chi connectivity index (χ2v) is 6.55. The van der Waals surface area contributed by atoms with Gasteiger partial charge in [0.25, 0.3) is 5.79 Å². The first kappa shape index (κ1) is 17.6. The fraction of sp³-hybridized carbons (Fsp3) is 0.412. The van der Waals surface area contributed by atoms with Gasteiger partial charge in [0.05, 0.1) is 23.9 Å². The molecule has 2 fully saturated rings. The Morgan fingerprint density at radius 1 is 1.16 bits per heavy atom. The summed E-state index contributed by atoms with van der Waals surface area (Å²) in [5.41, 5.74) is 1.33. The van der Waals surface area contributed by atoms with E-state index in [4.69, 9.17) is 25.8 Å². The minimum Gasteiger partial charge on any atom is -0.419 e. The van der Waals surface area contributed by atoms with Crippen molar-refractivity contribution < 1.29 is 23.8 Å². The zero-order chi connectivity index (χ0) is 18.0. The number of hydrogen-bond acceptors (Lipinski definition) is 7. The van der Waals surface area contributed by atoms with E-state index in [0.29, 0.717) is 23.9 Å². The number of nitrogens with one attached hydrogen (secondary N) is 1. The van der Waals surface area contributed by atoms with Crippen molar-refractivity contribution in [2.75, 3.05) is 36.5 Å². The zero-order valence-electron chi connectivity index (χ0n) is 14.0. The molecule has 134 valence electrons. The molecule has 0 aliphatic carbocycles. The van der Waals surface area contributed by atoms with Gasteiger partial charge in [-0.3, -0.25) is 0 Å². The third-order valence-electron chi connectivity index (χ3n) is 3.81. The molecule has 1 aromatic rings. The maximum absolute atomic E-state index is 12.0. The smallest absolute Gasteiger partial charge is 0.350 e. The van der Waals surface area contributed by atoms with E-state index in [1.165, 1.54) is 20.0 Å². The van der Waals surface area contributed by atoms with Gasteiger partial charge in [-0.15, -0.1) is 0 Å². The summed E-state index contributed by atoms with van der Waals surface area (Å²) in [6.07, 6.45) is 1.25. The van der Waals surface area contributed by atoms with Crippen molar-refractivity contribution in [3.05, 3.63) is 35.0 Å². The van der Waals surface area contributed by atoms with Crippen molar-refractivity contribution in [2.45, 2.75) is 19.6 Å². The Labute approximate surface area is 150 Å². The number of halogens is 1. The first-order valence-electron chi connectivity index (χ1n) is 7.91. The van der Waals surface area contributed by atoms with Crippen LogP contribution in [0, 0.1) is 0 Å². The van der Waals surface area contributed by atoms with Crippen LogP contribution >= 0.6 is 11.6 Å². The van der Waals surface area contributed by atoms with E-state index in [-0.39, 0.29) is 5.57 Å². The quantitative estimate of drug-likeness (QED) is 0.499. The highest BCUT2D eigenvalue weighted by molar-refractivity contribution is 6.33. The summed E-state index contributed by atoms with van der Waals surface area (Å²) in [5.74, 6) is -2.75. The minimum absolute atomic E-state index is 0.216. The van der Waals surface area contributed by atoms with E-state index in [1.54, 1.807) is 6.07 Å². The number of hydrogen-bond donors (Lipinski definition) is 1. The molecule has 25 heavy (non-hydrogen) atoms. The molecular weight excluding hydrogens is 348 g/mol. The van der Waals surface area contributed by atoms with Gasteiger partial charge in [-0.1, -0.05) is 11.6 Å². The van der Waals surface area contributed by atoms with Crippen LogP contribution in [0.4, 0.5) is 11.4 Å². The van der Waals surface area contributed by atoms with Crippen LogP contribution in [0.15, 0.2) is 30.0 Å². The van der Waals surface area contributed by atoms with Gasteiger partial charge >= 0.3 is 11.9 Å². The monoisotopic (exact) mass is 366 g/mol. The fourth-order valence-electron chi connectivity index (χ4n) is 2.57. The average molecular weight is 367 g/mol.